The summed E-state index contributed by atoms with van der Waals surface area (Å²) in [5.41, 5.74) is 4.10. The van der Waals surface area contributed by atoms with Crippen LogP contribution in [0, 0.1) is 12.3 Å². The van der Waals surface area contributed by atoms with Crippen molar-refractivity contribution in [1.82, 2.24) is 4.98 Å². The summed E-state index contributed by atoms with van der Waals surface area (Å²) >= 11 is 0. The monoisotopic (exact) mass is 229 g/mol. The fourth-order valence-electron chi connectivity index (χ4n) is 0.995. The van der Waals surface area contributed by atoms with Crippen LogP contribution in [-0.2, 0) is 0 Å². The Morgan fingerprint density at radius 1 is 1.50 bits per heavy atom. The molecule has 0 bridgehead atoms. The predicted octanol–water partition coefficient (Wildman–Crippen LogP) is 2.16. The Morgan fingerprint density at radius 2 is 2.12 bits per heavy atom. The Bertz CT molecular complexity index is 435. The first-order valence-corrected chi connectivity index (χ1v) is 4.36. The highest BCUT2D eigenvalue weighted by Crippen LogP contribution is 2.21. The quantitative estimate of drug-likeness (QED) is 0.763. The minimum atomic E-state index is -4.61. The third kappa shape index (κ3) is 3.08. The van der Waals surface area contributed by atoms with Gasteiger partial charge in [0.2, 0.25) is 0 Å². The maximum atomic E-state index is 12.1. The molecule has 0 atom stereocenters. The van der Waals surface area contributed by atoms with Gasteiger partial charge in [-0.25, -0.2) is 0 Å². The zero-order chi connectivity index (χ0) is 12.3. The molecule has 0 aromatic carbocycles. The highest BCUT2D eigenvalue weighted by Gasteiger charge is 2.31. The first-order valence-electron chi connectivity index (χ1n) is 4.36. The Hall–Kier alpha value is -1.85. The van der Waals surface area contributed by atoms with Crippen LogP contribution in [0.4, 0.5) is 13.2 Å². The second-order valence-corrected chi connectivity index (χ2v) is 3.23. The number of nitrogens with zero attached hydrogens (tertiary/aromatic N) is 1. The number of rotatable bonds is 2. The lowest BCUT2D eigenvalue weighted by atomic mass is 10.1. The number of aryl methyl sites for hydroxylation is 1. The third-order valence-corrected chi connectivity index (χ3v) is 1.82. The molecular formula is C10H10F3N3. The largest absolute Gasteiger partial charge is 0.430 e. The van der Waals surface area contributed by atoms with E-state index in [1.165, 1.54) is 12.3 Å². The molecule has 0 fully saturated rings. The molecule has 0 aliphatic rings. The van der Waals surface area contributed by atoms with E-state index >= 15 is 0 Å². The van der Waals surface area contributed by atoms with Crippen LogP contribution in [0.25, 0.3) is 0 Å². The molecule has 0 saturated heterocycles. The molecule has 0 saturated carbocycles. The van der Waals surface area contributed by atoms with Gasteiger partial charge in [0, 0.05) is 6.20 Å². The van der Waals surface area contributed by atoms with E-state index in [0.29, 0.717) is 6.08 Å². The fraction of sp³-hybridized carbons (Fsp3) is 0.200. The molecule has 1 aromatic rings. The van der Waals surface area contributed by atoms with Crippen LogP contribution in [0.1, 0.15) is 11.3 Å². The van der Waals surface area contributed by atoms with Crippen molar-refractivity contribution < 1.29 is 13.2 Å². The summed E-state index contributed by atoms with van der Waals surface area (Å²) in [4.78, 5) is 3.78. The molecule has 0 spiro atoms. The molecule has 0 unspecified atom stereocenters. The van der Waals surface area contributed by atoms with Crippen molar-refractivity contribution in [1.29, 1.82) is 5.41 Å². The van der Waals surface area contributed by atoms with Crippen LogP contribution in [0.5, 0.6) is 0 Å². The standard InChI is InChI=1S/C10H10F3N3/c1-6-2-3-16-8(4-6)7(14)5-9(15)10(11,12)13/h2-5,14H,15H2,1H3. The van der Waals surface area contributed by atoms with Crippen molar-refractivity contribution >= 4 is 5.71 Å². The van der Waals surface area contributed by atoms with Crippen LogP contribution in [-0.4, -0.2) is 16.9 Å². The van der Waals surface area contributed by atoms with Gasteiger partial charge in [-0.3, -0.25) is 10.4 Å². The summed E-state index contributed by atoms with van der Waals surface area (Å²) in [6.07, 6.45) is -2.63. The van der Waals surface area contributed by atoms with Gasteiger partial charge in [0.1, 0.15) is 5.70 Å². The summed E-state index contributed by atoms with van der Waals surface area (Å²) in [5, 5.41) is 7.42. The molecule has 0 radical (unpaired) electrons. The maximum Gasteiger partial charge on any atom is 0.430 e. The third-order valence-electron chi connectivity index (χ3n) is 1.82. The average molecular weight is 229 g/mol. The number of alkyl halides is 3. The highest BCUT2D eigenvalue weighted by atomic mass is 19.4. The minimum absolute atomic E-state index is 0.159. The zero-order valence-electron chi connectivity index (χ0n) is 8.47. The normalized spacial score (nSPS) is 12.6. The zero-order valence-corrected chi connectivity index (χ0v) is 8.47. The van der Waals surface area contributed by atoms with E-state index in [0.717, 1.165) is 5.56 Å². The smallest absolute Gasteiger partial charge is 0.395 e. The van der Waals surface area contributed by atoms with E-state index in [-0.39, 0.29) is 11.4 Å². The fourth-order valence-corrected chi connectivity index (χ4v) is 0.995. The number of allylic oxidation sites excluding steroid dienone is 2. The van der Waals surface area contributed by atoms with Gasteiger partial charge in [-0.2, -0.15) is 13.2 Å². The number of halogens is 3. The molecule has 16 heavy (non-hydrogen) atoms. The second-order valence-electron chi connectivity index (χ2n) is 3.23. The van der Waals surface area contributed by atoms with Gasteiger partial charge >= 0.3 is 6.18 Å². The summed E-state index contributed by atoms with van der Waals surface area (Å²) in [7, 11) is 0. The number of pyridine rings is 1. The van der Waals surface area contributed by atoms with E-state index in [1.54, 1.807) is 13.0 Å². The molecule has 86 valence electrons. The van der Waals surface area contributed by atoms with E-state index < -0.39 is 11.9 Å². The van der Waals surface area contributed by atoms with Gasteiger partial charge in [0.25, 0.3) is 0 Å². The van der Waals surface area contributed by atoms with Crippen LogP contribution in [0.2, 0.25) is 0 Å². The summed E-state index contributed by atoms with van der Waals surface area (Å²) in [6, 6.07) is 3.20. The van der Waals surface area contributed by atoms with Crippen LogP contribution >= 0.6 is 0 Å². The van der Waals surface area contributed by atoms with Crippen molar-refractivity contribution in [2.45, 2.75) is 13.1 Å². The number of hydrogen-bond acceptors (Lipinski definition) is 3. The average Bonchev–Trinajstić information content (AvgIpc) is 2.16. The molecule has 6 heteroatoms. The molecule has 1 heterocycles. The first-order chi connectivity index (χ1) is 7.30. The number of aromatic nitrogens is 1. The summed E-state index contributed by atoms with van der Waals surface area (Å²) in [6.45, 7) is 1.76. The Morgan fingerprint density at radius 3 is 2.62 bits per heavy atom. The van der Waals surface area contributed by atoms with E-state index in [9.17, 15) is 13.2 Å². The van der Waals surface area contributed by atoms with Crippen molar-refractivity contribution in [2.75, 3.05) is 0 Å². The lowest BCUT2D eigenvalue weighted by Gasteiger charge is -2.06. The molecule has 1 rings (SSSR count). The molecule has 3 nitrogen and oxygen atoms in total. The van der Waals surface area contributed by atoms with Gasteiger partial charge in [0.05, 0.1) is 11.4 Å². The van der Waals surface area contributed by atoms with Crippen LogP contribution in [0.15, 0.2) is 30.1 Å². The topological polar surface area (TPSA) is 62.8 Å². The Balaban J connectivity index is 2.97. The van der Waals surface area contributed by atoms with Gasteiger partial charge in [-0.15, -0.1) is 0 Å². The Labute approximate surface area is 90.3 Å². The maximum absolute atomic E-state index is 12.1. The van der Waals surface area contributed by atoms with E-state index in [2.05, 4.69) is 4.98 Å². The lowest BCUT2D eigenvalue weighted by molar-refractivity contribution is -0.0925. The van der Waals surface area contributed by atoms with Gasteiger partial charge < -0.3 is 5.73 Å². The number of hydrogen-bond donors (Lipinski definition) is 2. The minimum Gasteiger partial charge on any atom is -0.395 e. The van der Waals surface area contributed by atoms with Gasteiger partial charge in [-0.05, 0) is 30.7 Å². The number of nitrogens with two attached hydrogens (primary N) is 1. The van der Waals surface area contributed by atoms with Crippen molar-refractivity contribution in [3.05, 3.63) is 41.4 Å². The lowest BCUT2D eigenvalue weighted by Crippen LogP contribution is -2.20. The second kappa shape index (κ2) is 4.34. The van der Waals surface area contributed by atoms with Crippen LogP contribution < -0.4 is 5.73 Å². The van der Waals surface area contributed by atoms with Crippen molar-refractivity contribution in [2.24, 2.45) is 5.73 Å². The number of nitrogens with one attached hydrogen (secondary N) is 1. The van der Waals surface area contributed by atoms with Gasteiger partial charge in [-0.1, -0.05) is 0 Å². The van der Waals surface area contributed by atoms with E-state index in [1.807, 2.05) is 0 Å². The molecule has 3 N–H and O–H groups in total. The molecule has 0 aliphatic carbocycles. The van der Waals surface area contributed by atoms with E-state index in [4.69, 9.17) is 11.1 Å². The van der Waals surface area contributed by atoms with Gasteiger partial charge in [0.15, 0.2) is 0 Å². The predicted molar refractivity (Wildman–Crippen MR) is 54.1 cm³/mol. The highest BCUT2D eigenvalue weighted by molar-refractivity contribution is 6.05. The van der Waals surface area contributed by atoms with Crippen LogP contribution in [0.3, 0.4) is 0 Å². The Kier molecular flexibility index (Phi) is 3.31. The SMILES string of the molecule is Cc1ccnc(C(=N)C=C(N)C(F)(F)F)c1. The molecule has 0 aliphatic heterocycles. The molecule has 1 aromatic heterocycles. The van der Waals surface area contributed by atoms with Crippen molar-refractivity contribution in [3.8, 4) is 0 Å². The van der Waals surface area contributed by atoms with Crippen molar-refractivity contribution in [3.63, 3.8) is 0 Å². The summed E-state index contributed by atoms with van der Waals surface area (Å²) < 4.78 is 36.3. The molecule has 0 amide bonds. The molecular weight excluding hydrogens is 219 g/mol. The first kappa shape index (κ1) is 12.2. The summed E-state index contributed by atoms with van der Waals surface area (Å²) in [5.74, 6) is 0.